The number of nitrogens with one attached hydrogen (secondary N) is 2. The number of carbonyl (C=O) groups is 1. The Morgan fingerprint density at radius 2 is 2.21 bits per heavy atom. The molecule has 2 aromatic rings. The molecule has 1 aliphatic heterocycles. The van der Waals surface area contributed by atoms with Gasteiger partial charge in [-0.3, -0.25) is 4.79 Å². The molecule has 3 rings (SSSR count). The molecule has 2 heterocycles. The molecule has 0 spiro atoms. The quantitative estimate of drug-likeness (QED) is 0.853. The van der Waals surface area contributed by atoms with Crippen molar-refractivity contribution in [2.75, 3.05) is 23.8 Å². The summed E-state index contributed by atoms with van der Waals surface area (Å²) in [5, 5.41) is 6.13. The molecule has 1 aromatic heterocycles. The van der Waals surface area contributed by atoms with Gasteiger partial charge < -0.3 is 15.4 Å². The van der Waals surface area contributed by atoms with E-state index < -0.39 is 0 Å². The number of ether oxygens (including phenoxy) is 1. The molecule has 1 atom stereocenters. The molecule has 126 valence electrons. The van der Waals surface area contributed by atoms with E-state index in [-0.39, 0.29) is 12.0 Å². The summed E-state index contributed by atoms with van der Waals surface area (Å²) >= 11 is 0. The van der Waals surface area contributed by atoms with E-state index in [2.05, 4.69) is 27.5 Å². The van der Waals surface area contributed by atoms with Gasteiger partial charge in [-0.25, -0.2) is 9.97 Å². The molecule has 0 saturated carbocycles. The second-order valence-electron chi connectivity index (χ2n) is 5.77. The van der Waals surface area contributed by atoms with Crippen molar-refractivity contribution in [2.45, 2.75) is 32.3 Å². The van der Waals surface area contributed by atoms with E-state index in [1.807, 2.05) is 24.3 Å². The molecule has 0 radical (unpaired) electrons. The maximum absolute atomic E-state index is 12.4. The number of anilines is 2. The number of benzene rings is 1. The third-order valence-corrected chi connectivity index (χ3v) is 4.08. The first-order chi connectivity index (χ1) is 11.8. The molecule has 6 nitrogen and oxygen atoms in total. The summed E-state index contributed by atoms with van der Waals surface area (Å²) in [5.41, 5.74) is 2.25. The lowest BCUT2D eigenvalue weighted by Crippen LogP contribution is -2.20. The van der Waals surface area contributed by atoms with Gasteiger partial charge in [-0.2, -0.15) is 0 Å². The zero-order valence-corrected chi connectivity index (χ0v) is 13.8. The predicted octanol–water partition coefficient (Wildman–Crippen LogP) is 2.88. The van der Waals surface area contributed by atoms with Gasteiger partial charge in [0.1, 0.15) is 17.8 Å². The lowest BCUT2D eigenvalue weighted by atomic mass is 10.1. The SMILES string of the molecule is CCc1ccccc1NC(=O)c1cc(NCC2CCCO2)ncn1. The number of para-hydroxylation sites is 1. The van der Waals surface area contributed by atoms with Crippen LogP contribution < -0.4 is 10.6 Å². The van der Waals surface area contributed by atoms with Crippen LogP contribution in [0.5, 0.6) is 0 Å². The summed E-state index contributed by atoms with van der Waals surface area (Å²) in [7, 11) is 0. The fraction of sp³-hybridized carbons (Fsp3) is 0.389. The molecule has 1 amide bonds. The first-order valence-corrected chi connectivity index (χ1v) is 8.33. The highest BCUT2D eigenvalue weighted by Gasteiger charge is 2.16. The lowest BCUT2D eigenvalue weighted by Gasteiger charge is -2.12. The largest absolute Gasteiger partial charge is 0.376 e. The van der Waals surface area contributed by atoms with Crippen LogP contribution in [0, 0.1) is 0 Å². The van der Waals surface area contributed by atoms with E-state index in [4.69, 9.17) is 4.74 Å². The number of aryl methyl sites for hydroxylation is 1. The van der Waals surface area contributed by atoms with Crippen molar-refractivity contribution < 1.29 is 9.53 Å². The first kappa shape index (κ1) is 16.4. The molecule has 1 unspecified atom stereocenters. The van der Waals surface area contributed by atoms with E-state index in [1.165, 1.54) is 6.33 Å². The number of rotatable bonds is 6. The number of hydrogen-bond donors (Lipinski definition) is 2. The zero-order chi connectivity index (χ0) is 16.8. The second-order valence-corrected chi connectivity index (χ2v) is 5.77. The molecule has 6 heteroatoms. The van der Waals surface area contributed by atoms with Crippen LogP contribution in [0.3, 0.4) is 0 Å². The van der Waals surface area contributed by atoms with E-state index in [0.29, 0.717) is 18.1 Å². The van der Waals surface area contributed by atoms with Crippen molar-refractivity contribution in [3.8, 4) is 0 Å². The molecule has 0 bridgehead atoms. The Hall–Kier alpha value is -2.47. The number of hydrogen-bond acceptors (Lipinski definition) is 5. The van der Waals surface area contributed by atoms with Crippen molar-refractivity contribution >= 4 is 17.4 Å². The van der Waals surface area contributed by atoms with Crippen LogP contribution in [-0.2, 0) is 11.2 Å². The van der Waals surface area contributed by atoms with Gasteiger partial charge in [0.15, 0.2) is 0 Å². The van der Waals surface area contributed by atoms with Gasteiger partial charge in [0.25, 0.3) is 5.91 Å². The summed E-state index contributed by atoms with van der Waals surface area (Å²) in [4.78, 5) is 20.7. The number of nitrogens with zero attached hydrogens (tertiary/aromatic N) is 2. The van der Waals surface area contributed by atoms with Crippen LogP contribution in [0.1, 0.15) is 35.8 Å². The summed E-state index contributed by atoms with van der Waals surface area (Å²) < 4.78 is 5.57. The van der Waals surface area contributed by atoms with Crippen molar-refractivity contribution in [2.24, 2.45) is 0 Å². The van der Waals surface area contributed by atoms with Crippen molar-refractivity contribution in [3.63, 3.8) is 0 Å². The molecule has 1 aliphatic rings. The van der Waals surface area contributed by atoms with Gasteiger partial charge in [-0.05, 0) is 30.9 Å². The van der Waals surface area contributed by atoms with Crippen LogP contribution in [0.4, 0.5) is 11.5 Å². The minimum Gasteiger partial charge on any atom is -0.376 e. The summed E-state index contributed by atoms with van der Waals surface area (Å²) in [6, 6.07) is 9.44. The Bertz CT molecular complexity index is 699. The zero-order valence-electron chi connectivity index (χ0n) is 13.8. The molecule has 2 N–H and O–H groups in total. The van der Waals surface area contributed by atoms with Crippen LogP contribution in [0.2, 0.25) is 0 Å². The second kappa shape index (κ2) is 7.88. The van der Waals surface area contributed by atoms with Crippen LogP contribution in [0.15, 0.2) is 36.7 Å². The smallest absolute Gasteiger partial charge is 0.274 e. The average Bonchev–Trinajstić information content (AvgIpc) is 3.14. The van der Waals surface area contributed by atoms with E-state index in [0.717, 1.165) is 37.1 Å². The van der Waals surface area contributed by atoms with E-state index in [9.17, 15) is 4.79 Å². The highest BCUT2D eigenvalue weighted by Crippen LogP contribution is 2.17. The lowest BCUT2D eigenvalue weighted by molar-refractivity contribution is 0.102. The van der Waals surface area contributed by atoms with Gasteiger partial charge in [-0.15, -0.1) is 0 Å². The first-order valence-electron chi connectivity index (χ1n) is 8.33. The number of aromatic nitrogens is 2. The van der Waals surface area contributed by atoms with Crippen LogP contribution >= 0.6 is 0 Å². The minimum atomic E-state index is -0.238. The van der Waals surface area contributed by atoms with Gasteiger partial charge >= 0.3 is 0 Å². The maximum atomic E-state index is 12.4. The topological polar surface area (TPSA) is 76.1 Å². The molecular formula is C18H22N4O2. The van der Waals surface area contributed by atoms with Crippen LogP contribution in [-0.4, -0.2) is 35.1 Å². The van der Waals surface area contributed by atoms with E-state index >= 15 is 0 Å². The van der Waals surface area contributed by atoms with Crippen molar-refractivity contribution in [3.05, 3.63) is 47.9 Å². The third-order valence-electron chi connectivity index (χ3n) is 4.08. The molecule has 0 aliphatic carbocycles. The standard InChI is InChI=1S/C18H22N4O2/c1-2-13-6-3-4-8-15(13)22-18(23)16-10-17(21-12-20-16)19-11-14-7-5-9-24-14/h3-4,6,8,10,12,14H,2,5,7,9,11H2,1H3,(H,22,23)(H,19,20,21). The number of amides is 1. The van der Waals surface area contributed by atoms with Gasteiger partial charge in [0.2, 0.25) is 0 Å². The van der Waals surface area contributed by atoms with Gasteiger partial charge in [0, 0.05) is 24.9 Å². The Morgan fingerprint density at radius 3 is 3.00 bits per heavy atom. The Balaban J connectivity index is 1.65. The minimum absolute atomic E-state index is 0.216. The summed E-state index contributed by atoms with van der Waals surface area (Å²) in [6.07, 6.45) is 4.63. The average molecular weight is 326 g/mol. The fourth-order valence-corrected chi connectivity index (χ4v) is 2.74. The van der Waals surface area contributed by atoms with Crippen molar-refractivity contribution in [1.82, 2.24) is 9.97 Å². The highest BCUT2D eigenvalue weighted by atomic mass is 16.5. The molecule has 1 fully saturated rings. The highest BCUT2D eigenvalue weighted by molar-refractivity contribution is 6.03. The van der Waals surface area contributed by atoms with Crippen LogP contribution in [0.25, 0.3) is 0 Å². The molecule has 24 heavy (non-hydrogen) atoms. The predicted molar refractivity (Wildman–Crippen MR) is 93.3 cm³/mol. The Labute approximate surface area is 141 Å². The third kappa shape index (κ3) is 4.08. The Kier molecular flexibility index (Phi) is 5.38. The molecule has 1 saturated heterocycles. The molecular weight excluding hydrogens is 304 g/mol. The van der Waals surface area contributed by atoms with Gasteiger partial charge in [-0.1, -0.05) is 25.1 Å². The summed E-state index contributed by atoms with van der Waals surface area (Å²) in [5.74, 6) is 0.396. The Morgan fingerprint density at radius 1 is 1.33 bits per heavy atom. The monoisotopic (exact) mass is 326 g/mol. The number of carbonyl (C=O) groups excluding carboxylic acids is 1. The molecule has 1 aromatic carbocycles. The van der Waals surface area contributed by atoms with Gasteiger partial charge in [0.05, 0.1) is 6.10 Å². The van der Waals surface area contributed by atoms with Crippen molar-refractivity contribution in [1.29, 1.82) is 0 Å². The maximum Gasteiger partial charge on any atom is 0.274 e. The summed E-state index contributed by atoms with van der Waals surface area (Å²) in [6.45, 7) is 3.57. The normalized spacial score (nSPS) is 16.8. The van der Waals surface area contributed by atoms with E-state index in [1.54, 1.807) is 6.07 Å². The fourth-order valence-electron chi connectivity index (χ4n) is 2.74.